The molecule has 0 spiro atoms. The first-order chi connectivity index (χ1) is 12.6. The van der Waals surface area contributed by atoms with Gasteiger partial charge in [-0.1, -0.05) is 44.6 Å². The van der Waals surface area contributed by atoms with Crippen LogP contribution in [-0.4, -0.2) is 22.0 Å². The summed E-state index contributed by atoms with van der Waals surface area (Å²) in [6, 6.07) is 5.67. The number of pyridine rings is 1. The highest BCUT2D eigenvalue weighted by molar-refractivity contribution is 5.85. The second-order valence-corrected chi connectivity index (χ2v) is 8.02. The lowest BCUT2D eigenvalue weighted by Gasteiger charge is -2.30. The van der Waals surface area contributed by atoms with Crippen molar-refractivity contribution in [2.45, 2.75) is 76.7 Å². The Bertz CT molecular complexity index is 603. The first-order valence-corrected chi connectivity index (χ1v) is 10.0. The van der Waals surface area contributed by atoms with Crippen molar-refractivity contribution in [1.82, 2.24) is 10.3 Å². The molecule has 3 rings (SSSR count). The number of rotatable bonds is 6. The van der Waals surface area contributed by atoms with Crippen LogP contribution < -0.4 is 5.32 Å². The average Bonchev–Trinajstić information content (AvgIpc) is 3.06. The first kappa shape index (κ1) is 18.9. The van der Waals surface area contributed by atoms with Gasteiger partial charge in [0.15, 0.2) is 0 Å². The van der Waals surface area contributed by atoms with Crippen molar-refractivity contribution in [2.24, 2.45) is 11.3 Å². The standard InChI is InChI=1S/C21H30N2O3/c24-18(15-21(20(25)26)12-6-1-2-7-13-21)23-19(16-9-3-4-10-16)17-11-5-8-14-22-17/h5,8,11,14,16,19H,1-4,6-7,9-10,12-13,15H2,(H,23,24)(H,25,26). The van der Waals surface area contributed by atoms with Gasteiger partial charge in [0.05, 0.1) is 17.2 Å². The van der Waals surface area contributed by atoms with Crippen LogP contribution in [0.25, 0.3) is 0 Å². The average molecular weight is 358 g/mol. The molecule has 1 heterocycles. The number of nitrogens with zero attached hydrogens (tertiary/aromatic N) is 1. The van der Waals surface area contributed by atoms with Gasteiger partial charge in [0.2, 0.25) is 5.91 Å². The number of hydrogen-bond acceptors (Lipinski definition) is 3. The maximum atomic E-state index is 12.9. The molecule has 26 heavy (non-hydrogen) atoms. The van der Waals surface area contributed by atoms with E-state index in [0.717, 1.165) is 44.2 Å². The fourth-order valence-electron chi connectivity index (χ4n) is 4.69. The molecule has 1 aromatic heterocycles. The number of carboxylic acid groups (broad SMARTS) is 1. The normalized spacial score (nSPS) is 21.7. The minimum Gasteiger partial charge on any atom is -0.481 e. The van der Waals surface area contributed by atoms with Gasteiger partial charge in [-0.15, -0.1) is 0 Å². The van der Waals surface area contributed by atoms with Crippen molar-refractivity contribution in [3.05, 3.63) is 30.1 Å². The molecule has 0 saturated heterocycles. The number of amides is 1. The van der Waals surface area contributed by atoms with E-state index in [0.29, 0.717) is 18.8 Å². The molecular weight excluding hydrogens is 328 g/mol. The molecule has 1 unspecified atom stereocenters. The molecule has 1 amide bonds. The van der Waals surface area contributed by atoms with E-state index in [-0.39, 0.29) is 18.4 Å². The van der Waals surface area contributed by atoms with Gasteiger partial charge in [0.1, 0.15) is 0 Å². The molecule has 2 fully saturated rings. The van der Waals surface area contributed by atoms with Gasteiger partial charge < -0.3 is 10.4 Å². The zero-order chi connectivity index (χ0) is 18.4. The van der Waals surface area contributed by atoms with Crippen LogP contribution in [0.1, 0.15) is 82.4 Å². The highest BCUT2D eigenvalue weighted by Gasteiger charge is 2.41. The molecule has 142 valence electrons. The number of aromatic nitrogens is 1. The lowest BCUT2D eigenvalue weighted by molar-refractivity contribution is -0.153. The van der Waals surface area contributed by atoms with Crippen molar-refractivity contribution in [1.29, 1.82) is 0 Å². The Labute approximate surface area is 155 Å². The van der Waals surface area contributed by atoms with Crippen molar-refractivity contribution < 1.29 is 14.7 Å². The van der Waals surface area contributed by atoms with E-state index in [1.165, 1.54) is 12.8 Å². The van der Waals surface area contributed by atoms with Gasteiger partial charge in [0.25, 0.3) is 0 Å². The molecule has 5 nitrogen and oxygen atoms in total. The number of hydrogen-bond donors (Lipinski definition) is 2. The number of aliphatic carboxylic acids is 1. The Morgan fingerprint density at radius 1 is 1.12 bits per heavy atom. The maximum absolute atomic E-state index is 12.9. The maximum Gasteiger partial charge on any atom is 0.310 e. The molecule has 1 aromatic rings. The highest BCUT2D eigenvalue weighted by Crippen LogP contribution is 2.40. The van der Waals surface area contributed by atoms with Crippen molar-refractivity contribution in [3.8, 4) is 0 Å². The summed E-state index contributed by atoms with van der Waals surface area (Å²) in [5, 5.41) is 13.0. The van der Waals surface area contributed by atoms with Gasteiger partial charge in [-0.05, 0) is 43.7 Å². The molecule has 0 radical (unpaired) electrons. The second kappa shape index (κ2) is 8.65. The topological polar surface area (TPSA) is 79.3 Å². The Morgan fingerprint density at radius 3 is 2.38 bits per heavy atom. The van der Waals surface area contributed by atoms with Crippen LogP contribution >= 0.6 is 0 Å². The van der Waals surface area contributed by atoms with E-state index in [1.54, 1.807) is 6.20 Å². The van der Waals surface area contributed by atoms with E-state index < -0.39 is 11.4 Å². The smallest absolute Gasteiger partial charge is 0.310 e. The number of carbonyl (C=O) groups is 2. The summed E-state index contributed by atoms with van der Waals surface area (Å²) in [5.74, 6) is -0.564. The van der Waals surface area contributed by atoms with Crippen molar-refractivity contribution in [2.75, 3.05) is 0 Å². The summed E-state index contributed by atoms with van der Waals surface area (Å²) in [7, 11) is 0. The van der Waals surface area contributed by atoms with Crippen molar-refractivity contribution in [3.63, 3.8) is 0 Å². The lowest BCUT2D eigenvalue weighted by atomic mass is 9.77. The van der Waals surface area contributed by atoms with Gasteiger partial charge in [-0.2, -0.15) is 0 Å². The summed E-state index contributed by atoms with van der Waals surface area (Å²) < 4.78 is 0. The molecule has 2 saturated carbocycles. The third-order valence-corrected chi connectivity index (χ3v) is 6.21. The molecule has 0 aliphatic heterocycles. The molecule has 1 atom stereocenters. The fourth-order valence-corrected chi connectivity index (χ4v) is 4.69. The molecule has 2 aliphatic carbocycles. The van der Waals surface area contributed by atoms with E-state index >= 15 is 0 Å². The Hall–Kier alpha value is -1.91. The van der Waals surface area contributed by atoms with Crippen LogP contribution in [0.4, 0.5) is 0 Å². The van der Waals surface area contributed by atoms with Gasteiger partial charge in [-0.3, -0.25) is 14.6 Å². The molecule has 2 aliphatic rings. The van der Waals surface area contributed by atoms with E-state index in [2.05, 4.69) is 10.3 Å². The predicted octanol–water partition coefficient (Wildman–Crippen LogP) is 4.24. The molecule has 2 N–H and O–H groups in total. The molecular formula is C21H30N2O3. The van der Waals surface area contributed by atoms with E-state index in [1.807, 2.05) is 18.2 Å². The minimum absolute atomic E-state index is 0.0817. The van der Waals surface area contributed by atoms with Crippen LogP contribution in [0.3, 0.4) is 0 Å². The Balaban J connectivity index is 1.73. The monoisotopic (exact) mass is 358 g/mol. The van der Waals surface area contributed by atoms with Crippen LogP contribution in [0.5, 0.6) is 0 Å². The quantitative estimate of drug-likeness (QED) is 0.745. The summed E-state index contributed by atoms with van der Waals surface area (Å²) in [5.41, 5.74) is -0.0109. The lowest BCUT2D eigenvalue weighted by Crippen LogP contribution is -2.40. The molecule has 5 heteroatoms. The summed E-state index contributed by atoms with van der Waals surface area (Å²) in [6.07, 6.45) is 11.5. The summed E-state index contributed by atoms with van der Waals surface area (Å²) in [4.78, 5) is 29.3. The summed E-state index contributed by atoms with van der Waals surface area (Å²) in [6.45, 7) is 0. The zero-order valence-corrected chi connectivity index (χ0v) is 15.5. The molecule has 0 bridgehead atoms. The SMILES string of the molecule is O=C(CC1(C(=O)O)CCCCCC1)NC(c1ccccn1)C1CCCC1. The third kappa shape index (κ3) is 4.43. The van der Waals surface area contributed by atoms with Crippen LogP contribution in [-0.2, 0) is 9.59 Å². The minimum atomic E-state index is -0.898. The van der Waals surface area contributed by atoms with Crippen LogP contribution in [0.15, 0.2) is 24.4 Å². The van der Waals surface area contributed by atoms with Crippen molar-refractivity contribution >= 4 is 11.9 Å². The van der Waals surface area contributed by atoms with E-state index in [9.17, 15) is 14.7 Å². The third-order valence-electron chi connectivity index (χ3n) is 6.21. The Morgan fingerprint density at radius 2 is 1.81 bits per heavy atom. The predicted molar refractivity (Wildman–Crippen MR) is 99.5 cm³/mol. The fraction of sp³-hybridized carbons (Fsp3) is 0.667. The van der Waals surface area contributed by atoms with Crippen LogP contribution in [0.2, 0.25) is 0 Å². The number of carboxylic acids is 1. The first-order valence-electron chi connectivity index (χ1n) is 10.0. The van der Waals surface area contributed by atoms with Gasteiger partial charge in [-0.25, -0.2) is 0 Å². The van der Waals surface area contributed by atoms with Gasteiger partial charge in [0, 0.05) is 12.6 Å². The second-order valence-electron chi connectivity index (χ2n) is 8.02. The van der Waals surface area contributed by atoms with Gasteiger partial charge >= 0.3 is 5.97 Å². The number of carbonyl (C=O) groups excluding carboxylic acids is 1. The Kier molecular flexibility index (Phi) is 6.28. The number of nitrogens with one attached hydrogen (secondary N) is 1. The summed E-state index contributed by atoms with van der Waals surface area (Å²) >= 11 is 0. The highest BCUT2D eigenvalue weighted by atomic mass is 16.4. The molecule has 0 aromatic carbocycles. The largest absolute Gasteiger partial charge is 0.481 e. The van der Waals surface area contributed by atoms with E-state index in [4.69, 9.17) is 0 Å². The van der Waals surface area contributed by atoms with Crippen LogP contribution in [0, 0.1) is 11.3 Å². The zero-order valence-electron chi connectivity index (χ0n) is 15.5.